The van der Waals surface area contributed by atoms with Gasteiger partial charge in [-0.05, 0) is 23.8 Å². The first kappa shape index (κ1) is 7.69. The van der Waals surface area contributed by atoms with E-state index in [4.69, 9.17) is 11.6 Å². The molecule has 61 valence electrons. The number of halogens is 1. The topological polar surface area (TPSA) is 3.24 Å². The molecule has 1 aromatic carbocycles. The van der Waals surface area contributed by atoms with E-state index in [1.54, 1.807) is 0 Å². The van der Waals surface area contributed by atoms with E-state index >= 15 is 0 Å². The minimum absolute atomic E-state index is 0.786. The minimum Gasteiger partial charge on any atom is -0.365 e. The van der Waals surface area contributed by atoms with Gasteiger partial charge in [-0.25, -0.2) is 0 Å². The molecule has 0 spiro atoms. The molecule has 0 amide bonds. The molecule has 1 heterocycles. The highest BCUT2D eigenvalue weighted by Gasteiger charge is 2.08. The number of anilines is 1. The van der Waals surface area contributed by atoms with Gasteiger partial charge in [-0.15, -0.1) is 0 Å². The Bertz CT molecular complexity index is 331. The van der Waals surface area contributed by atoms with Crippen LogP contribution < -0.4 is 4.90 Å². The number of likely N-dealkylation sites (N-methyl/N-ethyl adjacent to an activating group) is 1. The molecule has 0 N–H and O–H groups in total. The summed E-state index contributed by atoms with van der Waals surface area (Å²) in [5.74, 6) is 0. The van der Waals surface area contributed by atoms with Crippen molar-refractivity contribution >= 4 is 23.4 Å². The van der Waals surface area contributed by atoms with E-state index in [0.717, 1.165) is 5.02 Å². The molecule has 0 bridgehead atoms. The Hall–Kier alpha value is -0.950. The number of fused-ring (bicyclic) bond motifs is 1. The van der Waals surface area contributed by atoms with Crippen LogP contribution in [-0.2, 0) is 0 Å². The van der Waals surface area contributed by atoms with Crippen molar-refractivity contribution in [2.75, 3.05) is 11.9 Å². The summed E-state index contributed by atoms with van der Waals surface area (Å²) in [5.41, 5.74) is 2.37. The van der Waals surface area contributed by atoms with Crippen LogP contribution >= 0.6 is 11.6 Å². The quantitative estimate of drug-likeness (QED) is 0.591. The molecule has 1 nitrogen and oxygen atoms in total. The Balaban J connectivity index is 2.55. The lowest BCUT2D eigenvalue weighted by Crippen LogP contribution is -2.15. The van der Waals surface area contributed by atoms with Crippen LogP contribution in [0.3, 0.4) is 0 Å². The number of hydrogen-bond acceptors (Lipinski definition) is 1. The summed E-state index contributed by atoms with van der Waals surface area (Å²) in [6, 6.07) is 5.90. The molecule has 0 atom stereocenters. The predicted octanol–water partition coefficient (Wildman–Crippen LogP) is 2.96. The van der Waals surface area contributed by atoms with Gasteiger partial charge in [-0.3, -0.25) is 0 Å². The number of hydrogen-bond donors (Lipinski definition) is 0. The Kier molecular flexibility index (Phi) is 1.81. The second-order valence-electron chi connectivity index (χ2n) is 2.82. The van der Waals surface area contributed by atoms with Crippen molar-refractivity contribution in [1.29, 1.82) is 0 Å². The van der Waals surface area contributed by atoms with E-state index in [2.05, 4.69) is 11.0 Å². The van der Waals surface area contributed by atoms with Gasteiger partial charge in [0.05, 0.1) is 6.54 Å². The summed E-state index contributed by atoms with van der Waals surface area (Å²) < 4.78 is 0. The maximum absolute atomic E-state index is 5.86. The Morgan fingerprint density at radius 3 is 3.00 bits per heavy atom. The van der Waals surface area contributed by atoms with Crippen molar-refractivity contribution in [1.82, 2.24) is 0 Å². The molecule has 0 saturated carbocycles. The van der Waals surface area contributed by atoms with Gasteiger partial charge in [0, 0.05) is 17.8 Å². The number of rotatable bonds is 0. The van der Waals surface area contributed by atoms with Crippen LogP contribution in [0.1, 0.15) is 5.56 Å². The summed E-state index contributed by atoms with van der Waals surface area (Å²) in [6.07, 6.45) is 4.07. The van der Waals surface area contributed by atoms with E-state index in [1.807, 2.05) is 37.9 Å². The van der Waals surface area contributed by atoms with Crippen molar-refractivity contribution < 1.29 is 0 Å². The van der Waals surface area contributed by atoms with E-state index in [1.165, 1.54) is 11.3 Å². The minimum atomic E-state index is 0.786. The van der Waals surface area contributed by atoms with E-state index in [-0.39, 0.29) is 0 Å². The zero-order valence-corrected chi connectivity index (χ0v) is 7.55. The highest BCUT2D eigenvalue weighted by molar-refractivity contribution is 6.30. The molecule has 12 heavy (non-hydrogen) atoms. The van der Waals surface area contributed by atoms with Gasteiger partial charge >= 0.3 is 0 Å². The molecule has 1 radical (unpaired) electrons. The SMILES string of the molecule is CN1[CH]C=Cc2cc(Cl)ccc21. The van der Waals surface area contributed by atoms with Gasteiger partial charge in [0.15, 0.2) is 0 Å². The normalized spacial score (nSPS) is 14.7. The highest BCUT2D eigenvalue weighted by Crippen LogP contribution is 2.28. The molecule has 2 rings (SSSR count). The molecule has 2 heteroatoms. The average Bonchev–Trinajstić information content (AvgIpc) is 2.04. The summed E-state index contributed by atoms with van der Waals surface area (Å²) in [5, 5.41) is 0.786. The maximum atomic E-state index is 5.86. The average molecular weight is 179 g/mol. The molecule has 0 fully saturated rings. The van der Waals surface area contributed by atoms with Crippen LogP contribution in [0.15, 0.2) is 24.3 Å². The monoisotopic (exact) mass is 178 g/mol. The lowest BCUT2D eigenvalue weighted by molar-refractivity contribution is 1.12. The van der Waals surface area contributed by atoms with Crippen LogP contribution in [0.5, 0.6) is 0 Å². The van der Waals surface area contributed by atoms with Gasteiger partial charge in [-0.2, -0.15) is 0 Å². The van der Waals surface area contributed by atoms with Gasteiger partial charge < -0.3 is 4.90 Å². The zero-order valence-electron chi connectivity index (χ0n) is 6.79. The van der Waals surface area contributed by atoms with Crippen LogP contribution in [0.4, 0.5) is 5.69 Å². The van der Waals surface area contributed by atoms with Crippen LogP contribution in [0.25, 0.3) is 6.08 Å². The molecular weight excluding hydrogens is 170 g/mol. The number of nitrogens with zero attached hydrogens (tertiary/aromatic N) is 1. The van der Waals surface area contributed by atoms with E-state index in [9.17, 15) is 0 Å². The van der Waals surface area contributed by atoms with Gasteiger partial charge in [-0.1, -0.05) is 23.8 Å². The first-order chi connectivity index (χ1) is 5.77. The Labute approximate surface area is 77.3 Å². The third-order valence-corrected chi connectivity index (χ3v) is 2.19. The standard InChI is InChI=1S/C10H9ClN/c1-12-6-2-3-8-7-9(11)4-5-10(8)12/h2-7H,1H3. The zero-order chi connectivity index (χ0) is 8.55. The Morgan fingerprint density at radius 2 is 2.17 bits per heavy atom. The van der Waals surface area contributed by atoms with E-state index < -0.39 is 0 Å². The lowest BCUT2D eigenvalue weighted by Gasteiger charge is -2.22. The van der Waals surface area contributed by atoms with Crippen LogP contribution in [0.2, 0.25) is 5.02 Å². The summed E-state index contributed by atoms with van der Waals surface area (Å²) in [4.78, 5) is 2.08. The van der Waals surface area contributed by atoms with Crippen molar-refractivity contribution in [3.63, 3.8) is 0 Å². The molecule has 1 aromatic rings. The second-order valence-corrected chi connectivity index (χ2v) is 3.26. The third-order valence-electron chi connectivity index (χ3n) is 1.96. The first-order valence-corrected chi connectivity index (χ1v) is 4.19. The molecule has 0 aromatic heterocycles. The van der Waals surface area contributed by atoms with Gasteiger partial charge in [0.1, 0.15) is 0 Å². The molecular formula is C10H9ClN. The summed E-state index contributed by atoms with van der Waals surface area (Å²) >= 11 is 5.86. The van der Waals surface area contributed by atoms with Crippen molar-refractivity contribution in [3.8, 4) is 0 Å². The van der Waals surface area contributed by atoms with Crippen molar-refractivity contribution in [3.05, 3.63) is 41.4 Å². The summed E-state index contributed by atoms with van der Waals surface area (Å²) in [7, 11) is 2.02. The van der Waals surface area contributed by atoms with Gasteiger partial charge in [0.25, 0.3) is 0 Å². The summed E-state index contributed by atoms with van der Waals surface area (Å²) in [6.45, 7) is 2.02. The van der Waals surface area contributed by atoms with Crippen molar-refractivity contribution in [2.24, 2.45) is 0 Å². The fraction of sp³-hybridized carbons (Fsp3) is 0.100. The fourth-order valence-electron chi connectivity index (χ4n) is 1.34. The lowest BCUT2D eigenvalue weighted by atomic mass is 10.1. The maximum Gasteiger partial charge on any atom is 0.0713 e. The molecule has 1 aliphatic rings. The Morgan fingerprint density at radius 1 is 1.33 bits per heavy atom. The molecule has 1 aliphatic heterocycles. The van der Waals surface area contributed by atoms with E-state index in [0.29, 0.717) is 0 Å². The molecule has 0 saturated heterocycles. The first-order valence-electron chi connectivity index (χ1n) is 3.81. The van der Waals surface area contributed by atoms with Crippen LogP contribution in [-0.4, -0.2) is 7.05 Å². The third kappa shape index (κ3) is 1.21. The van der Waals surface area contributed by atoms with Crippen LogP contribution in [0, 0.1) is 6.54 Å². The molecule has 0 unspecified atom stereocenters. The van der Waals surface area contributed by atoms with Gasteiger partial charge in [0.2, 0.25) is 0 Å². The van der Waals surface area contributed by atoms with Crippen molar-refractivity contribution in [2.45, 2.75) is 0 Å². The number of benzene rings is 1. The molecule has 0 aliphatic carbocycles. The smallest absolute Gasteiger partial charge is 0.0713 e. The largest absolute Gasteiger partial charge is 0.365 e. The second kappa shape index (κ2) is 2.83. The highest BCUT2D eigenvalue weighted by atomic mass is 35.5. The fourth-order valence-corrected chi connectivity index (χ4v) is 1.52. The predicted molar refractivity (Wildman–Crippen MR) is 53.2 cm³/mol.